The molecule has 1 N–H and O–H groups in total. The minimum atomic E-state index is 0.0197. The van der Waals surface area contributed by atoms with Crippen LogP contribution in [0.25, 0.3) is 0 Å². The number of amides is 1. The van der Waals surface area contributed by atoms with E-state index in [2.05, 4.69) is 5.32 Å². The lowest BCUT2D eigenvalue weighted by atomic mass is 10.1. The molecule has 0 aliphatic heterocycles. The van der Waals surface area contributed by atoms with Crippen LogP contribution >= 0.6 is 0 Å². The quantitative estimate of drug-likeness (QED) is 0.809. The first-order valence-corrected chi connectivity index (χ1v) is 6.50. The number of Topliss-reactive ketones (excluding diaryl/α,β-unsaturated/α-hetero) is 1. The molecule has 0 saturated heterocycles. The van der Waals surface area contributed by atoms with Gasteiger partial charge >= 0.3 is 0 Å². The van der Waals surface area contributed by atoms with Crippen LogP contribution in [0.4, 0.5) is 5.69 Å². The first kappa shape index (κ1) is 12.8. The molecule has 0 radical (unpaired) electrons. The molecule has 1 aromatic rings. The highest BCUT2D eigenvalue weighted by atomic mass is 16.1. The van der Waals surface area contributed by atoms with Crippen LogP contribution in [-0.4, -0.2) is 11.7 Å². The standard InChI is InChI=1S/C15H19NO2/c1-10(2)9-14(17)16-13-7-5-12(6-8-13)15(18)11-3-4-11/h5-8,10-11H,3-4,9H2,1-2H3,(H,16,17). The Morgan fingerprint density at radius 3 is 2.33 bits per heavy atom. The highest BCUT2D eigenvalue weighted by Gasteiger charge is 2.30. The molecule has 1 aliphatic carbocycles. The maximum absolute atomic E-state index is 11.8. The summed E-state index contributed by atoms with van der Waals surface area (Å²) in [5.74, 6) is 0.841. The second-order valence-corrected chi connectivity index (χ2v) is 5.36. The predicted molar refractivity (Wildman–Crippen MR) is 71.6 cm³/mol. The summed E-state index contributed by atoms with van der Waals surface area (Å²) >= 11 is 0. The Morgan fingerprint density at radius 1 is 1.22 bits per heavy atom. The van der Waals surface area contributed by atoms with Gasteiger partial charge in [0.2, 0.25) is 5.91 Å². The Labute approximate surface area is 108 Å². The Kier molecular flexibility index (Phi) is 3.80. The summed E-state index contributed by atoms with van der Waals surface area (Å²) < 4.78 is 0. The largest absolute Gasteiger partial charge is 0.326 e. The van der Waals surface area contributed by atoms with E-state index in [9.17, 15) is 9.59 Å². The third-order valence-corrected chi connectivity index (χ3v) is 2.99. The second-order valence-electron chi connectivity index (χ2n) is 5.36. The number of ketones is 1. The maximum atomic E-state index is 11.8. The number of hydrogen-bond acceptors (Lipinski definition) is 2. The molecule has 0 unspecified atom stereocenters. The number of rotatable bonds is 5. The van der Waals surface area contributed by atoms with Crippen molar-refractivity contribution in [2.75, 3.05) is 5.32 Å². The first-order chi connectivity index (χ1) is 8.56. The lowest BCUT2D eigenvalue weighted by Crippen LogP contribution is -2.13. The molecular weight excluding hydrogens is 226 g/mol. The Balaban J connectivity index is 1.94. The summed E-state index contributed by atoms with van der Waals surface area (Å²) in [5.41, 5.74) is 1.51. The van der Waals surface area contributed by atoms with Crippen LogP contribution < -0.4 is 5.32 Å². The topological polar surface area (TPSA) is 46.2 Å². The van der Waals surface area contributed by atoms with Crippen LogP contribution in [0.5, 0.6) is 0 Å². The zero-order valence-corrected chi connectivity index (χ0v) is 10.9. The fourth-order valence-electron chi connectivity index (χ4n) is 1.88. The Hall–Kier alpha value is -1.64. The summed E-state index contributed by atoms with van der Waals surface area (Å²) in [6, 6.07) is 7.19. The van der Waals surface area contributed by atoms with Crippen molar-refractivity contribution in [3.05, 3.63) is 29.8 Å². The summed E-state index contributed by atoms with van der Waals surface area (Å²) in [7, 11) is 0. The van der Waals surface area contributed by atoms with Crippen LogP contribution in [-0.2, 0) is 4.79 Å². The van der Waals surface area contributed by atoms with Gasteiger partial charge in [-0.25, -0.2) is 0 Å². The monoisotopic (exact) mass is 245 g/mol. The normalized spacial score (nSPS) is 14.6. The predicted octanol–water partition coefficient (Wildman–Crippen LogP) is 3.26. The Bertz CT molecular complexity index is 444. The summed E-state index contributed by atoms with van der Waals surface area (Å²) in [6.07, 6.45) is 2.56. The van der Waals surface area contributed by atoms with Crippen LogP contribution in [0.15, 0.2) is 24.3 Å². The van der Waals surface area contributed by atoms with Crippen molar-refractivity contribution in [2.24, 2.45) is 11.8 Å². The van der Waals surface area contributed by atoms with Gasteiger partial charge in [-0.1, -0.05) is 13.8 Å². The van der Waals surface area contributed by atoms with Crippen LogP contribution in [0.3, 0.4) is 0 Å². The number of hydrogen-bond donors (Lipinski definition) is 1. The minimum Gasteiger partial charge on any atom is -0.326 e. The SMILES string of the molecule is CC(C)CC(=O)Nc1ccc(C(=O)C2CC2)cc1. The van der Waals surface area contributed by atoms with Gasteiger partial charge in [0.25, 0.3) is 0 Å². The van der Waals surface area contributed by atoms with Gasteiger partial charge in [-0.05, 0) is 43.0 Å². The van der Waals surface area contributed by atoms with Crippen molar-refractivity contribution >= 4 is 17.4 Å². The van der Waals surface area contributed by atoms with Crippen LogP contribution in [0.1, 0.15) is 43.5 Å². The van der Waals surface area contributed by atoms with Gasteiger partial charge < -0.3 is 5.32 Å². The maximum Gasteiger partial charge on any atom is 0.224 e. The van der Waals surface area contributed by atoms with E-state index < -0.39 is 0 Å². The van der Waals surface area contributed by atoms with Gasteiger partial charge in [0.1, 0.15) is 0 Å². The fraction of sp³-hybridized carbons (Fsp3) is 0.467. The molecule has 96 valence electrons. The second kappa shape index (κ2) is 5.34. The lowest BCUT2D eigenvalue weighted by Gasteiger charge is -2.07. The third-order valence-electron chi connectivity index (χ3n) is 2.99. The molecule has 0 heterocycles. The number of carbonyl (C=O) groups is 2. The van der Waals surface area contributed by atoms with Crippen molar-refractivity contribution in [1.29, 1.82) is 0 Å². The lowest BCUT2D eigenvalue weighted by molar-refractivity contribution is -0.116. The number of anilines is 1. The van der Waals surface area contributed by atoms with E-state index in [0.29, 0.717) is 12.3 Å². The van der Waals surface area contributed by atoms with E-state index in [1.54, 1.807) is 24.3 Å². The van der Waals surface area contributed by atoms with Crippen molar-refractivity contribution < 1.29 is 9.59 Å². The molecule has 1 saturated carbocycles. The molecule has 0 bridgehead atoms. The van der Waals surface area contributed by atoms with Gasteiger partial charge in [-0.2, -0.15) is 0 Å². The van der Waals surface area contributed by atoms with Gasteiger partial charge in [0.15, 0.2) is 5.78 Å². The molecule has 3 nitrogen and oxygen atoms in total. The molecule has 1 amide bonds. The summed E-state index contributed by atoms with van der Waals surface area (Å²) in [6.45, 7) is 4.02. The first-order valence-electron chi connectivity index (χ1n) is 6.50. The molecule has 1 fully saturated rings. The zero-order valence-electron chi connectivity index (χ0n) is 10.9. The fourth-order valence-corrected chi connectivity index (χ4v) is 1.88. The van der Waals surface area contributed by atoms with Gasteiger partial charge in [0.05, 0.1) is 0 Å². The van der Waals surface area contributed by atoms with Crippen molar-refractivity contribution in [3.63, 3.8) is 0 Å². The molecule has 0 aromatic heterocycles. The summed E-state index contributed by atoms with van der Waals surface area (Å²) in [5, 5.41) is 2.83. The minimum absolute atomic E-state index is 0.0197. The molecule has 0 spiro atoms. The highest BCUT2D eigenvalue weighted by Crippen LogP contribution is 2.32. The third kappa shape index (κ3) is 3.42. The molecule has 1 aliphatic rings. The molecule has 2 rings (SSSR count). The average Bonchev–Trinajstić information content (AvgIpc) is 3.11. The van der Waals surface area contributed by atoms with Gasteiger partial charge in [-0.3, -0.25) is 9.59 Å². The van der Waals surface area contributed by atoms with E-state index in [1.807, 2.05) is 13.8 Å². The number of nitrogens with one attached hydrogen (secondary N) is 1. The van der Waals surface area contributed by atoms with E-state index in [1.165, 1.54) is 0 Å². The molecule has 0 atom stereocenters. The highest BCUT2D eigenvalue weighted by molar-refractivity contribution is 6.00. The van der Waals surface area contributed by atoms with Crippen molar-refractivity contribution in [1.82, 2.24) is 0 Å². The number of carbonyl (C=O) groups excluding carboxylic acids is 2. The smallest absolute Gasteiger partial charge is 0.224 e. The average molecular weight is 245 g/mol. The van der Waals surface area contributed by atoms with Gasteiger partial charge in [0, 0.05) is 23.6 Å². The number of benzene rings is 1. The molecular formula is C15H19NO2. The Morgan fingerprint density at radius 2 is 1.83 bits per heavy atom. The molecule has 18 heavy (non-hydrogen) atoms. The van der Waals surface area contributed by atoms with E-state index in [4.69, 9.17) is 0 Å². The van der Waals surface area contributed by atoms with E-state index >= 15 is 0 Å². The van der Waals surface area contributed by atoms with Crippen LogP contribution in [0, 0.1) is 11.8 Å². The zero-order chi connectivity index (χ0) is 13.1. The van der Waals surface area contributed by atoms with E-state index in [0.717, 1.165) is 24.1 Å². The molecule has 1 aromatic carbocycles. The van der Waals surface area contributed by atoms with Crippen molar-refractivity contribution in [2.45, 2.75) is 33.1 Å². The van der Waals surface area contributed by atoms with E-state index in [-0.39, 0.29) is 17.6 Å². The summed E-state index contributed by atoms with van der Waals surface area (Å²) in [4.78, 5) is 23.4. The molecule has 3 heteroatoms. The van der Waals surface area contributed by atoms with Crippen molar-refractivity contribution in [3.8, 4) is 0 Å². The van der Waals surface area contributed by atoms with Crippen LogP contribution in [0.2, 0.25) is 0 Å². The van der Waals surface area contributed by atoms with Gasteiger partial charge in [-0.15, -0.1) is 0 Å².